The summed E-state index contributed by atoms with van der Waals surface area (Å²) in [5.41, 5.74) is 6.69. The van der Waals surface area contributed by atoms with Crippen LogP contribution in [0, 0.1) is 0 Å². The number of thiophene rings is 1. The quantitative estimate of drug-likeness (QED) is 0.874. The maximum atomic E-state index is 12.7. The van der Waals surface area contributed by atoms with Gasteiger partial charge in [0.25, 0.3) is 5.91 Å². The van der Waals surface area contributed by atoms with Crippen molar-refractivity contribution < 1.29 is 9.53 Å². The van der Waals surface area contributed by atoms with Crippen molar-refractivity contribution in [1.82, 2.24) is 9.88 Å². The van der Waals surface area contributed by atoms with E-state index in [1.54, 1.807) is 12.4 Å². The first-order valence-electron chi connectivity index (χ1n) is 6.62. The summed E-state index contributed by atoms with van der Waals surface area (Å²) < 4.78 is 6.51. The zero-order chi connectivity index (χ0) is 14.3. The number of morpholine rings is 1. The Morgan fingerprint density at radius 3 is 3.10 bits per heavy atom. The van der Waals surface area contributed by atoms with E-state index in [2.05, 4.69) is 4.98 Å². The summed E-state index contributed by atoms with van der Waals surface area (Å²) in [6.45, 7) is 5.14. The van der Waals surface area contributed by atoms with Gasteiger partial charge in [-0.1, -0.05) is 0 Å². The van der Waals surface area contributed by atoms with E-state index in [4.69, 9.17) is 10.5 Å². The molecule has 0 bridgehead atoms. The first kappa shape index (κ1) is 13.3. The summed E-state index contributed by atoms with van der Waals surface area (Å²) in [5.74, 6) is -0.00801. The summed E-state index contributed by atoms with van der Waals surface area (Å²) in [7, 11) is 0. The van der Waals surface area contributed by atoms with Gasteiger partial charge in [-0.15, -0.1) is 11.3 Å². The molecule has 106 valence electrons. The van der Waals surface area contributed by atoms with E-state index >= 15 is 0 Å². The van der Waals surface area contributed by atoms with Crippen LogP contribution in [-0.4, -0.2) is 41.1 Å². The summed E-state index contributed by atoms with van der Waals surface area (Å²) in [5, 5.41) is 0.905. The van der Waals surface area contributed by atoms with Crippen LogP contribution in [0.15, 0.2) is 18.5 Å². The molecule has 0 saturated carbocycles. The number of nitrogen functional groups attached to an aromatic ring is 1. The third kappa shape index (κ3) is 2.14. The number of hydrogen-bond donors (Lipinski definition) is 1. The van der Waals surface area contributed by atoms with Gasteiger partial charge in [0.15, 0.2) is 0 Å². The van der Waals surface area contributed by atoms with Crippen LogP contribution in [0.5, 0.6) is 0 Å². The predicted molar refractivity (Wildman–Crippen MR) is 79.9 cm³/mol. The lowest BCUT2D eigenvalue weighted by Gasteiger charge is -2.36. The molecule has 0 radical (unpaired) electrons. The van der Waals surface area contributed by atoms with Crippen LogP contribution in [0.1, 0.15) is 23.5 Å². The molecule has 3 heterocycles. The molecule has 1 amide bonds. The minimum absolute atomic E-state index is 0.00801. The number of ether oxygens (including phenoxy) is 1. The highest BCUT2D eigenvalue weighted by Gasteiger charge is 2.30. The monoisotopic (exact) mass is 291 g/mol. The maximum Gasteiger partial charge on any atom is 0.266 e. The Morgan fingerprint density at radius 2 is 2.35 bits per heavy atom. The molecule has 20 heavy (non-hydrogen) atoms. The zero-order valence-electron chi connectivity index (χ0n) is 11.5. The number of carbonyl (C=O) groups is 1. The number of aromatic nitrogens is 1. The van der Waals surface area contributed by atoms with Crippen LogP contribution in [0.3, 0.4) is 0 Å². The number of fused-ring (bicyclic) bond motifs is 1. The summed E-state index contributed by atoms with van der Waals surface area (Å²) in [4.78, 5) is 19.3. The molecule has 5 nitrogen and oxygen atoms in total. The number of nitrogens with zero attached hydrogens (tertiary/aromatic N) is 2. The fraction of sp³-hybridized carbons (Fsp3) is 0.429. The second-order valence-electron chi connectivity index (χ2n) is 5.17. The van der Waals surface area contributed by atoms with E-state index < -0.39 is 0 Å². The van der Waals surface area contributed by atoms with Crippen molar-refractivity contribution in [2.75, 3.05) is 18.9 Å². The lowest BCUT2D eigenvalue weighted by Crippen LogP contribution is -2.50. The highest BCUT2D eigenvalue weighted by Crippen LogP contribution is 2.34. The van der Waals surface area contributed by atoms with E-state index in [0.29, 0.717) is 23.7 Å². The number of amides is 1. The van der Waals surface area contributed by atoms with E-state index in [1.165, 1.54) is 11.3 Å². The van der Waals surface area contributed by atoms with Crippen molar-refractivity contribution in [3.05, 3.63) is 23.3 Å². The molecular weight excluding hydrogens is 274 g/mol. The Bertz CT molecular complexity index is 655. The molecule has 2 aromatic heterocycles. The Morgan fingerprint density at radius 1 is 1.55 bits per heavy atom. The average molecular weight is 291 g/mol. The first-order valence-corrected chi connectivity index (χ1v) is 7.44. The Kier molecular flexibility index (Phi) is 3.35. The lowest BCUT2D eigenvalue weighted by molar-refractivity contribution is -0.0385. The van der Waals surface area contributed by atoms with Gasteiger partial charge in [0, 0.05) is 24.3 Å². The highest BCUT2D eigenvalue weighted by atomic mass is 32.1. The highest BCUT2D eigenvalue weighted by molar-refractivity contribution is 7.21. The third-order valence-corrected chi connectivity index (χ3v) is 4.74. The van der Waals surface area contributed by atoms with Crippen molar-refractivity contribution in [1.29, 1.82) is 0 Å². The number of anilines is 1. The van der Waals surface area contributed by atoms with Gasteiger partial charge in [-0.3, -0.25) is 9.78 Å². The average Bonchev–Trinajstić information content (AvgIpc) is 2.79. The minimum Gasteiger partial charge on any atom is -0.397 e. The van der Waals surface area contributed by atoms with Crippen molar-refractivity contribution in [2.45, 2.75) is 26.0 Å². The van der Waals surface area contributed by atoms with Gasteiger partial charge in [-0.2, -0.15) is 0 Å². The third-order valence-electron chi connectivity index (χ3n) is 3.59. The zero-order valence-corrected chi connectivity index (χ0v) is 12.3. The minimum atomic E-state index is -0.00801. The number of hydrogen-bond acceptors (Lipinski definition) is 5. The lowest BCUT2D eigenvalue weighted by atomic mass is 10.2. The van der Waals surface area contributed by atoms with Crippen molar-refractivity contribution in [2.24, 2.45) is 0 Å². The van der Waals surface area contributed by atoms with Crippen molar-refractivity contribution in [3.63, 3.8) is 0 Å². The molecule has 2 unspecified atom stereocenters. The van der Waals surface area contributed by atoms with Crippen molar-refractivity contribution in [3.8, 4) is 0 Å². The molecule has 2 atom stereocenters. The maximum absolute atomic E-state index is 12.7. The first-order chi connectivity index (χ1) is 9.58. The van der Waals surface area contributed by atoms with Gasteiger partial charge in [-0.25, -0.2) is 0 Å². The number of pyridine rings is 1. The van der Waals surface area contributed by atoms with E-state index in [9.17, 15) is 4.79 Å². The van der Waals surface area contributed by atoms with Gasteiger partial charge < -0.3 is 15.4 Å². The molecule has 6 heteroatoms. The molecule has 0 aromatic carbocycles. The molecule has 0 aliphatic carbocycles. The standard InChI is InChI=1S/C14H17N3O2S/c1-8-7-19-9(2)6-17(8)14(18)13-12(15)10-3-4-16-5-11(10)20-13/h3-5,8-9H,6-7,15H2,1-2H3. The molecular formula is C14H17N3O2S. The van der Waals surface area contributed by atoms with Gasteiger partial charge in [0.2, 0.25) is 0 Å². The molecule has 1 fully saturated rings. The molecule has 1 saturated heterocycles. The van der Waals surface area contributed by atoms with Crippen LogP contribution in [0.25, 0.3) is 10.1 Å². The van der Waals surface area contributed by atoms with Crippen LogP contribution < -0.4 is 5.73 Å². The molecule has 1 aliphatic heterocycles. The molecule has 1 aliphatic rings. The SMILES string of the molecule is CC1CN(C(=O)c2sc3cnccc3c2N)C(C)CO1. The fourth-order valence-corrected chi connectivity index (χ4v) is 3.49. The van der Waals surface area contributed by atoms with Crippen LogP contribution >= 0.6 is 11.3 Å². The Hall–Kier alpha value is -1.66. The number of nitrogens with two attached hydrogens (primary N) is 1. The van der Waals surface area contributed by atoms with Crippen LogP contribution in [-0.2, 0) is 4.74 Å². The second kappa shape index (κ2) is 5.03. The smallest absolute Gasteiger partial charge is 0.266 e. The Balaban J connectivity index is 1.97. The van der Waals surface area contributed by atoms with Gasteiger partial charge >= 0.3 is 0 Å². The van der Waals surface area contributed by atoms with Gasteiger partial charge in [-0.05, 0) is 19.9 Å². The van der Waals surface area contributed by atoms with Crippen LogP contribution in [0.2, 0.25) is 0 Å². The number of rotatable bonds is 1. The second-order valence-corrected chi connectivity index (χ2v) is 6.22. The van der Waals surface area contributed by atoms with Gasteiger partial charge in [0.05, 0.1) is 29.1 Å². The van der Waals surface area contributed by atoms with Crippen LogP contribution in [0.4, 0.5) is 5.69 Å². The summed E-state index contributed by atoms with van der Waals surface area (Å²) in [6.07, 6.45) is 3.50. The fourth-order valence-electron chi connectivity index (χ4n) is 2.45. The Labute approximate surface area is 121 Å². The van der Waals surface area contributed by atoms with E-state index in [0.717, 1.165) is 10.1 Å². The number of carbonyl (C=O) groups excluding carboxylic acids is 1. The van der Waals surface area contributed by atoms with Crippen molar-refractivity contribution >= 4 is 33.0 Å². The topological polar surface area (TPSA) is 68.5 Å². The largest absolute Gasteiger partial charge is 0.397 e. The predicted octanol–water partition coefficient (Wildman–Crippen LogP) is 2.13. The summed E-state index contributed by atoms with van der Waals surface area (Å²) in [6, 6.07) is 1.92. The molecule has 2 aromatic rings. The molecule has 3 rings (SSSR count). The van der Waals surface area contributed by atoms with Gasteiger partial charge in [0.1, 0.15) is 4.88 Å². The normalized spacial score (nSPS) is 23.2. The molecule has 2 N–H and O–H groups in total. The van der Waals surface area contributed by atoms with E-state index in [-0.39, 0.29) is 18.1 Å². The van der Waals surface area contributed by atoms with E-state index in [1.807, 2.05) is 24.8 Å². The summed E-state index contributed by atoms with van der Waals surface area (Å²) >= 11 is 1.41. The molecule has 0 spiro atoms.